The molecule has 2 aliphatic heterocycles. The molecule has 2 atom stereocenters. The minimum absolute atomic E-state index is 0.0939. The summed E-state index contributed by atoms with van der Waals surface area (Å²) < 4.78 is 8.37. The van der Waals surface area contributed by atoms with Crippen molar-refractivity contribution in [3.8, 4) is 5.88 Å². The summed E-state index contributed by atoms with van der Waals surface area (Å²) in [5.74, 6) is 0.374. The number of ether oxygens (including phenoxy) is 1. The van der Waals surface area contributed by atoms with Crippen LogP contribution in [0.5, 0.6) is 5.88 Å². The maximum absolute atomic E-state index is 11.8. The second kappa shape index (κ2) is 4.52. The predicted octanol–water partition coefficient (Wildman–Crippen LogP) is -0.254. The molecule has 2 aliphatic rings. The molecule has 0 spiro atoms. The van der Waals surface area contributed by atoms with Crippen molar-refractivity contribution in [2.75, 3.05) is 0 Å². The Balaban J connectivity index is 1.84. The Labute approximate surface area is 111 Å². The fraction of sp³-hybridized carbons (Fsp3) is 0.692. The highest BCUT2D eigenvalue weighted by Gasteiger charge is 2.34. The summed E-state index contributed by atoms with van der Waals surface area (Å²) in [6, 6.07) is 2.44. The van der Waals surface area contributed by atoms with Crippen LogP contribution in [0.25, 0.3) is 0 Å². The Morgan fingerprint density at radius 1 is 1.16 bits per heavy atom. The van der Waals surface area contributed by atoms with Gasteiger partial charge in [0.15, 0.2) is 0 Å². The lowest BCUT2D eigenvalue weighted by molar-refractivity contribution is 0.125. The van der Waals surface area contributed by atoms with Gasteiger partial charge in [0.2, 0.25) is 5.88 Å². The third-order valence-corrected chi connectivity index (χ3v) is 4.20. The maximum atomic E-state index is 11.8. The lowest BCUT2D eigenvalue weighted by Crippen LogP contribution is -2.44. The topological polar surface area (TPSA) is 65.3 Å². The van der Waals surface area contributed by atoms with E-state index in [0.717, 1.165) is 17.4 Å². The molecule has 19 heavy (non-hydrogen) atoms. The van der Waals surface area contributed by atoms with Gasteiger partial charge in [0.05, 0.1) is 6.07 Å². The third kappa shape index (κ3) is 2.20. The number of nitrogens with zero attached hydrogens (tertiary/aromatic N) is 2. The van der Waals surface area contributed by atoms with Gasteiger partial charge in [0.1, 0.15) is 6.10 Å². The minimum atomic E-state index is -0.348. The first-order valence-electron chi connectivity index (χ1n) is 6.74. The second-order valence-electron chi connectivity index (χ2n) is 5.57. The summed E-state index contributed by atoms with van der Waals surface area (Å²) in [6.07, 6.45) is 4.37. The van der Waals surface area contributed by atoms with Crippen molar-refractivity contribution in [2.24, 2.45) is 14.1 Å². The highest BCUT2D eigenvalue weighted by Crippen LogP contribution is 2.28. The van der Waals surface area contributed by atoms with E-state index in [1.807, 2.05) is 0 Å². The van der Waals surface area contributed by atoms with Crippen LogP contribution in [0.3, 0.4) is 0 Å². The minimum Gasteiger partial charge on any atom is -0.475 e. The van der Waals surface area contributed by atoms with E-state index >= 15 is 0 Å². The van der Waals surface area contributed by atoms with Crippen molar-refractivity contribution in [3.05, 3.63) is 26.9 Å². The van der Waals surface area contributed by atoms with Crippen molar-refractivity contribution in [2.45, 2.75) is 43.9 Å². The molecular formula is C13H19N3O3. The fourth-order valence-corrected chi connectivity index (χ4v) is 3.10. The van der Waals surface area contributed by atoms with E-state index in [2.05, 4.69) is 5.32 Å². The van der Waals surface area contributed by atoms with Gasteiger partial charge in [0, 0.05) is 26.2 Å². The molecule has 0 saturated carbocycles. The summed E-state index contributed by atoms with van der Waals surface area (Å²) in [5.41, 5.74) is -0.672. The molecule has 1 aromatic heterocycles. The van der Waals surface area contributed by atoms with Crippen LogP contribution in [0.2, 0.25) is 0 Å². The highest BCUT2D eigenvalue weighted by atomic mass is 16.5. The Hall–Kier alpha value is -1.56. The monoisotopic (exact) mass is 265 g/mol. The summed E-state index contributed by atoms with van der Waals surface area (Å²) in [7, 11) is 3.10. The molecule has 6 heteroatoms. The van der Waals surface area contributed by atoms with E-state index in [1.54, 1.807) is 7.05 Å². The molecule has 3 rings (SSSR count). The molecule has 1 N–H and O–H groups in total. The van der Waals surface area contributed by atoms with E-state index in [0.29, 0.717) is 18.0 Å². The molecule has 2 bridgehead atoms. The highest BCUT2D eigenvalue weighted by molar-refractivity contribution is 5.10. The van der Waals surface area contributed by atoms with E-state index in [4.69, 9.17) is 4.74 Å². The molecule has 2 fully saturated rings. The number of piperidine rings is 1. The van der Waals surface area contributed by atoms with Crippen LogP contribution >= 0.6 is 0 Å². The van der Waals surface area contributed by atoms with Crippen LogP contribution in [0.1, 0.15) is 25.7 Å². The average molecular weight is 265 g/mol. The Kier molecular flexibility index (Phi) is 2.97. The van der Waals surface area contributed by atoms with Gasteiger partial charge in [-0.2, -0.15) is 0 Å². The SMILES string of the molecule is Cn1c(OC2CC3CCC(C2)N3)cc(=O)n(C)c1=O. The van der Waals surface area contributed by atoms with Gasteiger partial charge >= 0.3 is 5.69 Å². The number of fused-ring (bicyclic) bond motifs is 2. The summed E-state index contributed by atoms with van der Waals surface area (Å²) in [5, 5.41) is 3.54. The van der Waals surface area contributed by atoms with Gasteiger partial charge in [-0.05, 0) is 25.7 Å². The van der Waals surface area contributed by atoms with E-state index in [1.165, 1.54) is 30.5 Å². The van der Waals surface area contributed by atoms with Gasteiger partial charge in [-0.15, -0.1) is 0 Å². The van der Waals surface area contributed by atoms with Crippen LogP contribution < -0.4 is 21.3 Å². The number of hydrogen-bond acceptors (Lipinski definition) is 4. The van der Waals surface area contributed by atoms with Gasteiger partial charge < -0.3 is 10.1 Å². The number of aromatic nitrogens is 2. The molecule has 2 saturated heterocycles. The van der Waals surface area contributed by atoms with Crippen molar-refractivity contribution >= 4 is 0 Å². The Morgan fingerprint density at radius 2 is 1.79 bits per heavy atom. The second-order valence-corrected chi connectivity index (χ2v) is 5.57. The smallest absolute Gasteiger partial charge is 0.333 e. The van der Waals surface area contributed by atoms with Crippen LogP contribution in [0.15, 0.2) is 15.7 Å². The van der Waals surface area contributed by atoms with Gasteiger partial charge in [-0.3, -0.25) is 13.9 Å². The van der Waals surface area contributed by atoms with Gasteiger partial charge in [0.25, 0.3) is 5.56 Å². The van der Waals surface area contributed by atoms with Crippen molar-refractivity contribution in [3.63, 3.8) is 0 Å². The van der Waals surface area contributed by atoms with Crippen LogP contribution in [-0.2, 0) is 14.1 Å². The zero-order chi connectivity index (χ0) is 13.6. The first-order valence-corrected chi connectivity index (χ1v) is 6.74. The number of nitrogens with one attached hydrogen (secondary N) is 1. The van der Waals surface area contributed by atoms with Crippen LogP contribution in [0.4, 0.5) is 0 Å². The zero-order valence-electron chi connectivity index (χ0n) is 11.3. The van der Waals surface area contributed by atoms with Crippen LogP contribution in [-0.4, -0.2) is 27.3 Å². The molecule has 3 heterocycles. The van der Waals surface area contributed by atoms with Crippen LogP contribution in [0, 0.1) is 0 Å². The first kappa shape index (κ1) is 12.5. The van der Waals surface area contributed by atoms with E-state index in [-0.39, 0.29) is 17.4 Å². The molecule has 2 unspecified atom stereocenters. The number of hydrogen-bond donors (Lipinski definition) is 1. The van der Waals surface area contributed by atoms with Gasteiger partial charge in [-0.1, -0.05) is 0 Å². The quantitative estimate of drug-likeness (QED) is 0.800. The molecule has 0 radical (unpaired) electrons. The van der Waals surface area contributed by atoms with Gasteiger partial charge in [-0.25, -0.2) is 4.79 Å². The molecule has 0 aromatic carbocycles. The van der Waals surface area contributed by atoms with Crippen molar-refractivity contribution < 1.29 is 4.74 Å². The third-order valence-electron chi connectivity index (χ3n) is 4.20. The molecule has 0 amide bonds. The van der Waals surface area contributed by atoms with Crippen molar-refractivity contribution in [1.82, 2.24) is 14.5 Å². The normalized spacial score (nSPS) is 29.5. The molecule has 0 aliphatic carbocycles. The molecule has 104 valence electrons. The standard InChI is InChI=1S/C13H19N3O3/c1-15-11(17)7-12(16(2)13(15)18)19-10-5-8-3-4-9(6-10)14-8/h7-10,14H,3-6H2,1-2H3. The lowest BCUT2D eigenvalue weighted by Gasteiger charge is -2.29. The Bertz CT molecular complexity index is 592. The average Bonchev–Trinajstić information content (AvgIpc) is 2.73. The Morgan fingerprint density at radius 3 is 2.42 bits per heavy atom. The zero-order valence-corrected chi connectivity index (χ0v) is 11.3. The first-order chi connectivity index (χ1) is 9.04. The summed E-state index contributed by atoms with van der Waals surface area (Å²) in [4.78, 5) is 23.5. The predicted molar refractivity (Wildman–Crippen MR) is 70.5 cm³/mol. The largest absolute Gasteiger partial charge is 0.475 e. The van der Waals surface area contributed by atoms with E-state index < -0.39 is 0 Å². The molecule has 1 aromatic rings. The number of rotatable bonds is 2. The summed E-state index contributed by atoms with van der Waals surface area (Å²) >= 11 is 0. The molecular weight excluding hydrogens is 246 g/mol. The molecule has 6 nitrogen and oxygen atoms in total. The van der Waals surface area contributed by atoms with E-state index in [9.17, 15) is 9.59 Å². The maximum Gasteiger partial charge on any atom is 0.333 e. The lowest BCUT2D eigenvalue weighted by atomic mass is 10.0. The summed E-state index contributed by atoms with van der Waals surface area (Å²) in [6.45, 7) is 0. The fourth-order valence-electron chi connectivity index (χ4n) is 3.10. The van der Waals surface area contributed by atoms with Crippen molar-refractivity contribution in [1.29, 1.82) is 0 Å².